The number of carbonyl (C=O) groups excluding carboxylic acids is 1. The minimum Gasteiger partial charge on any atom is -0.505 e. The van der Waals surface area contributed by atoms with Crippen molar-refractivity contribution in [2.45, 2.75) is 45.5 Å². The van der Waals surface area contributed by atoms with Crippen LogP contribution in [0, 0.1) is 5.82 Å². The Balaban J connectivity index is 2.08. The van der Waals surface area contributed by atoms with Crippen molar-refractivity contribution in [3.63, 3.8) is 0 Å². The van der Waals surface area contributed by atoms with E-state index >= 15 is 0 Å². The molecule has 0 bridgehead atoms. The predicted octanol–water partition coefficient (Wildman–Crippen LogP) is 2.96. The first-order chi connectivity index (χ1) is 16.8. The van der Waals surface area contributed by atoms with Gasteiger partial charge in [-0.1, -0.05) is 17.7 Å². The molecule has 4 rings (SSSR count). The number of likely N-dealkylation sites (N-methyl/N-ethyl adjacent to an activating group) is 1. The molecule has 1 N–H and O–H groups in total. The zero-order valence-corrected chi connectivity index (χ0v) is 22.1. The molecular weight excluding hydrogens is 513 g/mol. The molecule has 2 aromatic heterocycles. The number of benzene rings is 1. The molecule has 0 saturated carbocycles. The zero-order valence-electron chi connectivity index (χ0n) is 20.5. The third-order valence-electron chi connectivity index (χ3n) is 6.44. The first-order valence-electron chi connectivity index (χ1n) is 11.4. The molecule has 194 valence electrons. The number of hydrogen-bond acceptors (Lipinski definition) is 6. The van der Waals surface area contributed by atoms with Gasteiger partial charge >= 0.3 is 0 Å². The Kier molecular flexibility index (Phi) is 6.54. The van der Waals surface area contributed by atoms with Crippen LogP contribution >= 0.6 is 11.6 Å². The van der Waals surface area contributed by atoms with Gasteiger partial charge in [0.25, 0.3) is 11.5 Å². The van der Waals surface area contributed by atoms with E-state index in [-0.39, 0.29) is 40.0 Å². The highest BCUT2D eigenvalue weighted by molar-refractivity contribution is 7.93. The number of aromatic hydroxyl groups is 1. The summed E-state index contributed by atoms with van der Waals surface area (Å²) in [6, 6.07) is 3.52. The number of anilines is 1. The third-order valence-corrected chi connectivity index (χ3v) is 8.86. The van der Waals surface area contributed by atoms with Crippen molar-refractivity contribution in [1.82, 2.24) is 19.2 Å². The van der Waals surface area contributed by atoms with Gasteiger partial charge in [0, 0.05) is 26.2 Å². The zero-order chi connectivity index (χ0) is 26.7. The highest BCUT2D eigenvalue weighted by Gasteiger charge is 2.38. The highest BCUT2D eigenvalue weighted by atomic mass is 35.5. The van der Waals surface area contributed by atoms with Crippen molar-refractivity contribution in [2.24, 2.45) is 0 Å². The van der Waals surface area contributed by atoms with Crippen molar-refractivity contribution in [3.05, 3.63) is 50.7 Å². The lowest BCUT2D eigenvalue weighted by molar-refractivity contribution is 0.0686. The molecule has 0 radical (unpaired) electrons. The van der Waals surface area contributed by atoms with Crippen LogP contribution in [0.25, 0.3) is 10.9 Å². The lowest BCUT2D eigenvalue weighted by atomic mass is 10.2. The molecule has 1 aliphatic rings. The van der Waals surface area contributed by atoms with E-state index < -0.39 is 38.3 Å². The second kappa shape index (κ2) is 9.07. The number of amides is 1. The summed E-state index contributed by atoms with van der Waals surface area (Å²) in [5.41, 5.74) is -0.333. The molecule has 3 heterocycles. The molecule has 1 atom stereocenters. The maximum absolute atomic E-state index is 13.7. The number of carbonyl (C=O) groups is 1. The fourth-order valence-corrected chi connectivity index (χ4v) is 5.65. The Morgan fingerprint density at radius 1 is 1.31 bits per heavy atom. The molecular formula is C23H27ClFN5O5S. The fraction of sp³-hybridized carbons (Fsp3) is 0.435. The van der Waals surface area contributed by atoms with E-state index in [0.717, 1.165) is 15.1 Å². The minimum absolute atomic E-state index is 0.0595. The quantitative estimate of drug-likeness (QED) is 0.514. The number of sulfonamides is 1. The van der Waals surface area contributed by atoms with Crippen LogP contribution in [0.15, 0.2) is 23.0 Å². The van der Waals surface area contributed by atoms with Gasteiger partial charge in [-0.15, -0.1) is 5.10 Å². The van der Waals surface area contributed by atoms with Crippen LogP contribution in [-0.2, 0) is 16.6 Å². The molecule has 0 aliphatic carbocycles. The van der Waals surface area contributed by atoms with E-state index in [0.29, 0.717) is 18.7 Å². The first-order valence-corrected chi connectivity index (χ1v) is 13.3. The molecule has 1 aromatic carbocycles. The van der Waals surface area contributed by atoms with Crippen molar-refractivity contribution in [1.29, 1.82) is 0 Å². The Hall–Kier alpha value is -3.12. The van der Waals surface area contributed by atoms with Gasteiger partial charge in [-0.3, -0.25) is 13.9 Å². The molecule has 3 aromatic rings. The van der Waals surface area contributed by atoms with Crippen LogP contribution in [0.2, 0.25) is 5.02 Å². The highest BCUT2D eigenvalue weighted by Crippen LogP contribution is 2.40. The number of halogens is 2. The fourth-order valence-electron chi connectivity index (χ4n) is 4.45. The number of fused-ring (bicyclic) bond motifs is 3. The minimum atomic E-state index is -3.91. The molecule has 10 nitrogen and oxygen atoms in total. The van der Waals surface area contributed by atoms with Crippen LogP contribution in [0.1, 0.15) is 49.8 Å². The maximum atomic E-state index is 13.7. The molecule has 36 heavy (non-hydrogen) atoms. The van der Waals surface area contributed by atoms with Crippen molar-refractivity contribution >= 4 is 44.3 Å². The summed E-state index contributed by atoms with van der Waals surface area (Å²) in [6.45, 7) is 7.16. The number of nitrogens with zero attached hydrogens (tertiary/aromatic N) is 5. The molecule has 1 aliphatic heterocycles. The topological polar surface area (TPSA) is 118 Å². The van der Waals surface area contributed by atoms with Gasteiger partial charge in [0.1, 0.15) is 16.7 Å². The van der Waals surface area contributed by atoms with Crippen LogP contribution in [0.5, 0.6) is 5.75 Å². The van der Waals surface area contributed by atoms with Gasteiger partial charge in [-0.25, -0.2) is 17.5 Å². The smallest absolute Gasteiger partial charge is 0.280 e. The van der Waals surface area contributed by atoms with Crippen molar-refractivity contribution in [2.75, 3.05) is 24.4 Å². The number of rotatable bonds is 6. The van der Waals surface area contributed by atoms with E-state index in [9.17, 15) is 27.5 Å². The largest absolute Gasteiger partial charge is 0.505 e. The van der Waals surface area contributed by atoms with Crippen molar-refractivity contribution < 1.29 is 22.7 Å². The average Bonchev–Trinajstić information content (AvgIpc) is 3.14. The molecule has 0 spiro atoms. The summed E-state index contributed by atoms with van der Waals surface area (Å²) in [5.74, 6) is -1.75. The summed E-state index contributed by atoms with van der Waals surface area (Å²) in [5, 5.41) is 14.4. The molecule has 1 amide bonds. The van der Waals surface area contributed by atoms with E-state index in [1.54, 1.807) is 11.8 Å². The monoisotopic (exact) mass is 539 g/mol. The Morgan fingerprint density at radius 2 is 1.97 bits per heavy atom. The van der Waals surface area contributed by atoms with E-state index in [2.05, 4.69) is 5.10 Å². The Morgan fingerprint density at radius 3 is 2.56 bits per heavy atom. The maximum Gasteiger partial charge on any atom is 0.280 e. The van der Waals surface area contributed by atoms with Gasteiger partial charge in [-0.05, 0) is 45.4 Å². The van der Waals surface area contributed by atoms with Crippen LogP contribution < -0.4 is 9.86 Å². The number of hydrogen-bond donors (Lipinski definition) is 1. The van der Waals surface area contributed by atoms with Gasteiger partial charge in [0.2, 0.25) is 10.0 Å². The predicted molar refractivity (Wildman–Crippen MR) is 135 cm³/mol. The molecule has 0 fully saturated rings. The van der Waals surface area contributed by atoms with E-state index in [1.807, 2.05) is 6.92 Å². The summed E-state index contributed by atoms with van der Waals surface area (Å²) in [7, 11) is -2.59. The molecule has 1 unspecified atom stereocenters. The molecule has 0 saturated heterocycles. The summed E-state index contributed by atoms with van der Waals surface area (Å²) >= 11 is 5.89. The lowest BCUT2D eigenvalue weighted by Gasteiger charge is -2.33. The summed E-state index contributed by atoms with van der Waals surface area (Å²) < 4.78 is 43.3. The Bertz CT molecular complexity index is 1550. The van der Waals surface area contributed by atoms with Crippen molar-refractivity contribution in [3.8, 4) is 5.75 Å². The first kappa shape index (κ1) is 26.0. The normalized spacial score (nSPS) is 16.2. The van der Waals surface area contributed by atoms with E-state index in [1.165, 1.54) is 37.6 Å². The summed E-state index contributed by atoms with van der Waals surface area (Å²) in [4.78, 5) is 28.3. The standard InChI is InChI=1S/C23H27ClFN5O5S/c1-6-28-10-13(4)30-18-17(20(31)19(30)23(28)33)22(32)29(11-14-7-8-16(25)15(24)9-14)26-21(18)27(5)36(34,35)12(2)3/h7-9,12-13,31H,6,10-11H2,1-5H3. The van der Waals surface area contributed by atoms with Crippen LogP contribution in [0.4, 0.5) is 10.2 Å². The SMILES string of the molecule is CCN1CC(C)n2c(c(O)c3c(=O)n(Cc4ccc(F)c(Cl)c4)nc(N(C)S(=O)(=O)C(C)C)c32)C1=O. The Labute approximate surface area is 212 Å². The van der Waals surface area contributed by atoms with Gasteiger partial charge in [-0.2, -0.15) is 0 Å². The van der Waals surface area contributed by atoms with Gasteiger partial charge < -0.3 is 14.6 Å². The molecule has 13 heteroatoms. The second-order valence-electron chi connectivity index (χ2n) is 9.08. The summed E-state index contributed by atoms with van der Waals surface area (Å²) in [6.07, 6.45) is 0. The average molecular weight is 540 g/mol. The third kappa shape index (κ3) is 3.92. The van der Waals surface area contributed by atoms with Gasteiger partial charge in [0.05, 0.1) is 16.8 Å². The van der Waals surface area contributed by atoms with Crippen LogP contribution in [-0.4, -0.2) is 64.1 Å². The van der Waals surface area contributed by atoms with E-state index in [4.69, 9.17) is 11.6 Å². The number of aromatic nitrogens is 3. The van der Waals surface area contributed by atoms with Crippen LogP contribution in [0.3, 0.4) is 0 Å². The second-order valence-corrected chi connectivity index (χ2v) is 12.0. The van der Waals surface area contributed by atoms with Gasteiger partial charge in [0.15, 0.2) is 17.3 Å². The lowest BCUT2D eigenvalue weighted by Crippen LogP contribution is -2.42.